The van der Waals surface area contributed by atoms with E-state index in [0.717, 1.165) is 6.07 Å². The van der Waals surface area contributed by atoms with Gasteiger partial charge in [-0.1, -0.05) is 18.2 Å². The molecule has 0 spiro atoms. The molecule has 1 aromatic carbocycles. The number of hydrogen-bond donors (Lipinski definition) is 2. The third kappa shape index (κ3) is 5.72. The minimum absolute atomic E-state index is 0.0339. The van der Waals surface area contributed by atoms with E-state index in [1.165, 1.54) is 18.5 Å². The fourth-order valence-corrected chi connectivity index (χ4v) is 5.81. The number of ether oxygens (including phenoxy) is 2. The van der Waals surface area contributed by atoms with Gasteiger partial charge in [-0.25, -0.2) is 27.5 Å². The van der Waals surface area contributed by atoms with E-state index >= 15 is 4.39 Å². The third-order valence-corrected chi connectivity index (χ3v) is 8.01. The van der Waals surface area contributed by atoms with Gasteiger partial charge in [-0.05, 0) is 38.5 Å². The maximum Gasteiger partial charge on any atom is 0.266 e. The first-order valence-corrected chi connectivity index (χ1v) is 13.1. The highest BCUT2D eigenvalue weighted by molar-refractivity contribution is 5.80. The van der Waals surface area contributed by atoms with E-state index in [-0.39, 0.29) is 30.1 Å². The van der Waals surface area contributed by atoms with Crippen LogP contribution in [0.2, 0.25) is 0 Å². The van der Waals surface area contributed by atoms with Crippen molar-refractivity contribution in [2.75, 3.05) is 18.5 Å². The Labute approximate surface area is 224 Å². The zero-order chi connectivity index (χ0) is 27.6. The smallest absolute Gasteiger partial charge is 0.266 e. The lowest BCUT2D eigenvalue weighted by Gasteiger charge is -2.50. The Morgan fingerprint density at radius 2 is 1.77 bits per heavy atom. The first-order valence-electron chi connectivity index (χ1n) is 13.1. The number of terminal acetylenes is 1. The Hall–Kier alpha value is -3.23. The van der Waals surface area contributed by atoms with Crippen LogP contribution in [0.5, 0.6) is 0 Å². The molecule has 2 bridgehead atoms. The van der Waals surface area contributed by atoms with Gasteiger partial charge in [-0.15, -0.1) is 12.3 Å². The Morgan fingerprint density at radius 3 is 2.41 bits per heavy atom. The van der Waals surface area contributed by atoms with Crippen molar-refractivity contribution in [1.29, 1.82) is 0 Å². The maximum absolute atomic E-state index is 15.0. The van der Waals surface area contributed by atoms with Crippen LogP contribution >= 0.6 is 0 Å². The topological polar surface area (TPSA) is 85.4 Å². The fourth-order valence-electron chi connectivity index (χ4n) is 5.81. The van der Waals surface area contributed by atoms with Crippen molar-refractivity contribution in [2.45, 2.75) is 81.3 Å². The number of anilines is 1. The molecular weight excluding hydrogens is 516 g/mol. The van der Waals surface area contributed by atoms with E-state index in [9.17, 15) is 18.0 Å². The summed E-state index contributed by atoms with van der Waals surface area (Å²) in [4.78, 5) is 21.8. The van der Waals surface area contributed by atoms with Gasteiger partial charge >= 0.3 is 0 Å². The lowest BCUT2D eigenvalue weighted by molar-refractivity contribution is -0.125. The van der Waals surface area contributed by atoms with Gasteiger partial charge in [0.25, 0.3) is 6.43 Å². The zero-order valence-electron chi connectivity index (χ0n) is 21.3. The molecule has 1 aromatic heterocycles. The number of carbonyl (C=O) groups excluding carboxylic acids is 1. The zero-order valence-corrected chi connectivity index (χ0v) is 21.3. The monoisotopic (exact) mass is 546 g/mol. The summed E-state index contributed by atoms with van der Waals surface area (Å²) in [6.07, 6.45) is 5.81. The number of rotatable bonds is 9. The van der Waals surface area contributed by atoms with Gasteiger partial charge < -0.3 is 20.1 Å². The summed E-state index contributed by atoms with van der Waals surface area (Å²) in [5.41, 5.74) is -1.63. The summed E-state index contributed by atoms with van der Waals surface area (Å²) >= 11 is 0. The average Bonchev–Trinajstić information content (AvgIpc) is 3.44. The Balaban J connectivity index is 1.42. The van der Waals surface area contributed by atoms with E-state index in [4.69, 9.17) is 15.9 Å². The number of amides is 1. The third-order valence-electron chi connectivity index (χ3n) is 8.01. The molecule has 7 nitrogen and oxygen atoms in total. The predicted octanol–water partition coefficient (Wildman–Crippen LogP) is 5.25. The van der Waals surface area contributed by atoms with Crippen molar-refractivity contribution in [1.82, 2.24) is 15.3 Å². The molecular formula is C28H30F4N4O3. The second-order valence-corrected chi connectivity index (χ2v) is 10.5. The van der Waals surface area contributed by atoms with E-state index in [0.29, 0.717) is 63.0 Å². The van der Waals surface area contributed by atoms with Gasteiger partial charge in [-0.2, -0.15) is 0 Å². The molecule has 3 aliphatic carbocycles. The van der Waals surface area contributed by atoms with E-state index in [1.807, 2.05) is 0 Å². The van der Waals surface area contributed by atoms with Crippen LogP contribution in [-0.2, 0) is 20.7 Å². The molecule has 39 heavy (non-hydrogen) atoms. The van der Waals surface area contributed by atoms with Gasteiger partial charge in [0.05, 0.1) is 42.5 Å². The summed E-state index contributed by atoms with van der Waals surface area (Å²) in [5.74, 6) is 1.31. The summed E-state index contributed by atoms with van der Waals surface area (Å²) in [6, 6.07) is 2.84. The number of halogens is 4. The molecule has 3 saturated carbocycles. The van der Waals surface area contributed by atoms with Gasteiger partial charge in [0.1, 0.15) is 23.6 Å². The second kappa shape index (κ2) is 11.1. The Bertz CT molecular complexity index is 1240. The highest BCUT2D eigenvalue weighted by Gasteiger charge is 2.49. The normalized spacial score (nSPS) is 25.4. The van der Waals surface area contributed by atoms with E-state index in [2.05, 4.69) is 26.5 Å². The Morgan fingerprint density at radius 1 is 1.10 bits per heavy atom. The highest BCUT2D eigenvalue weighted by atomic mass is 19.3. The molecule has 1 amide bonds. The molecule has 6 rings (SSSR count). The molecule has 1 atom stereocenters. The largest absolute Gasteiger partial charge is 0.362 e. The number of nitrogens with zero attached hydrogens (tertiary/aromatic N) is 2. The number of alkyl halides is 3. The van der Waals surface area contributed by atoms with Crippen LogP contribution in [0.1, 0.15) is 86.1 Å². The number of hydrogen-bond acceptors (Lipinski definition) is 6. The summed E-state index contributed by atoms with van der Waals surface area (Å²) < 4.78 is 67.7. The summed E-state index contributed by atoms with van der Waals surface area (Å²) in [6.45, 7) is 0.606. The molecule has 4 aliphatic rings. The van der Waals surface area contributed by atoms with Crippen molar-refractivity contribution >= 4 is 11.7 Å². The molecule has 2 heterocycles. The van der Waals surface area contributed by atoms with Crippen molar-refractivity contribution < 1.29 is 31.8 Å². The molecule has 1 aliphatic heterocycles. The van der Waals surface area contributed by atoms with Crippen LogP contribution in [-0.4, -0.2) is 40.3 Å². The second-order valence-electron chi connectivity index (χ2n) is 10.5. The van der Waals surface area contributed by atoms with Crippen molar-refractivity contribution in [2.24, 2.45) is 0 Å². The number of carbonyl (C=O) groups is 1. The molecule has 208 valence electrons. The lowest BCUT2D eigenvalue weighted by Crippen LogP contribution is -2.57. The van der Waals surface area contributed by atoms with Crippen LogP contribution in [0.3, 0.4) is 0 Å². The van der Waals surface area contributed by atoms with Crippen LogP contribution < -0.4 is 10.6 Å². The van der Waals surface area contributed by atoms with Crippen LogP contribution in [0.25, 0.3) is 0 Å². The quantitative estimate of drug-likeness (QED) is 0.330. The van der Waals surface area contributed by atoms with Crippen molar-refractivity contribution in [3.8, 4) is 12.3 Å². The Kier molecular flexibility index (Phi) is 7.78. The van der Waals surface area contributed by atoms with Gasteiger partial charge in [0.2, 0.25) is 5.91 Å². The molecule has 1 saturated heterocycles. The molecule has 11 heteroatoms. The molecule has 1 unspecified atom stereocenters. The van der Waals surface area contributed by atoms with E-state index < -0.39 is 41.3 Å². The van der Waals surface area contributed by atoms with E-state index in [1.54, 1.807) is 0 Å². The minimum atomic E-state index is -2.99. The molecule has 2 aromatic rings. The maximum atomic E-state index is 15.0. The standard InChI is InChI=1S/C28H30F4N4O3/c1-2-4-19(17-5-3-6-18(23(17)29)24(30)31)35-25-22(26-38-13-14-39-26)20(33-16-34-25)15-21(37)36-28-10-7-27(32,8-11-28)9-12-28/h1,3,5-6,16,19,24,26H,4,7-15H2,(H,36,37)(H,33,34,35). The summed E-state index contributed by atoms with van der Waals surface area (Å²) in [7, 11) is 0. The van der Waals surface area contributed by atoms with Crippen LogP contribution in [0.15, 0.2) is 24.5 Å². The van der Waals surface area contributed by atoms with Gasteiger partial charge in [-0.3, -0.25) is 4.79 Å². The van der Waals surface area contributed by atoms with Crippen LogP contribution in [0, 0.1) is 18.2 Å². The van der Waals surface area contributed by atoms with Crippen molar-refractivity contribution in [3.63, 3.8) is 0 Å². The lowest BCUT2D eigenvalue weighted by atomic mass is 9.64. The predicted molar refractivity (Wildman–Crippen MR) is 134 cm³/mol. The first kappa shape index (κ1) is 27.3. The van der Waals surface area contributed by atoms with Gasteiger partial charge in [0, 0.05) is 17.5 Å². The molecule has 0 radical (unpaired) electrons. The van der Waals surface area contributed by atoms with Crippen LogP contribution in [0.4, 0.5) is 23.4 Å². The first-order chi connectivity index (χ1) is 18.7. The highest BCUT2D eigenvalue weighted by Crippen LogP contribution is 2.49. The SMILES string of the molecule is C#CCC(Nc1ncnc(CC(=O)NC23CCC(F)(CC2)CC3)c1C1OCCO1)c1cccc(C(F)F)c1F. The van der Waals surface area contributed by atoms with Gasteiger partial charge in [0.15, 0.2) is 6.29 Å². The fraction of sp³-hybridized carbons (Fsp3) is 0.536. The average molecular weight is 547 g/mol. The summed E-state index contributed by atoms with van der Waals surface area (Å²) in [5, 5.41) is 6.18. The molecule has 4 fully saturated rings. The minimum Gasteiger partial charge on any atom is -0.362 e. The number of nitrogens with one attached hydrogen (secondary N) is 2. The number of aromatic nitrogens is 2. The van der Waals surface area contributed by atoms with Crippen molar-refractivity contribution in [3.05, 3.63) is 52.7 Å². The number of fused-ring (bicyclic) bond motifs is 3. The molecule has 2 N–H and O–H groups in total. The number of benzene rings is 1.